The van der Waals surface area contributed by atoms with Crippen molar-refractivity contribution in [1.29, 1.82) is 0 Å². The highest BCUT2D eigenvalue weighted by molar-refractivity contribution is 7.91. The smallest absolute Gasteiger partial charge is 0.191 e. The third kappa shape index (κ3) is 6.97. The lowest BCUT2D eigenvalue weighted by Crippen LogP contribution is -2.37. The Hall–Kier alpha value is -2.58. The predicted octanol–water partition coefficient (Wildman–Crippen LogP) is 2.69. The Kier molecular flexibility index (Phi) is 8.31. The molecule has 1 aliphatic rings. The maximum atomic E-state index is 12.4. The van der Waals surface area contributed by atoms with E-state index in [2.05, 4.69) is 21.7 Å². The molecule has 2 aromatic carbocycles. The molecule has 8 heteroatoms. The predicted molar refractivity (Wildman–Crippen MR) is 122 cm³/mol. The zero-order valence-electron chi connectivity index (χ0n) is 18.1. The number of ether oxygens (including phenoxy) is 2. The summed E-state index contributed by atoms with van der Waals surface area (Å²) in [6.07, 6.45) is 1.47. The molecule has 31 heavy (non-hydrogen) atoms. The van der Waals surface area contributed by atoms with Gasteiger partial charge >= 0.3 is 0 Å². The molecule has 0 aromatic heterocycles. The van der Waals surface area contributed by atoms with Crippen molar-refractivity contribution in [1.82, 2.24) is 10.6 Å². The highest BCUT2D eigenvalue weighted by Gasteiger charge is 2.19. The van der Waals surface area contributed by atoms with Crippen molar-refractivity contribution in [3.63, 3.8) is 0 Å². The van der Waals surface area contributed by atoms with Crippen LogP contribution in [0.25, 0.3) is 0 Å². The second-order valence-corrected chi connectivity index (χ2v) is 9.66. The van der Waals surface area contributed by atoms with Crippen LogP contribution in [0, 0.1) is 6.92 Å². The topological polar surface area (TPSA) is 89.0 Å². The summed E-state index contributed by atoms with van der Waals surface area (Å²) in [7, 11) is -1.58. The Morgan fingerprint density at radius 1 is 1.19 bits per heavy atom. The van der Waals surface area contributed by atoms with Crippen LogP contribution in [0.3, 0.4) is 0 Å². The first-order chi connectivity index (χ1) is 15.0. The number of rotatable bonds is 9. The number of nitrogens with one attached hydrogen (secondary N) is 2. The van der Waals surface area contributed by atoms with E-state index in [4.69, 9.17) is 9.47 Å². The highest BCUT2D eigenvalue weighted by Crippen LogP contribution is 2.23. The normalized spacial score (nSPS) is 16.8. The highest BCUT2D eigenvalue weighted by atomic mass is 32.2. The van der Waals surface area contributed by atoms with Crippen molar-refractivity contribution in [2.45, 2.75) is 37.3 Å². The largest absolute Gasteiger partial charge is 0.488 e. The van der Waals surface area contributed by atoms with Crippen LogP contribution in [0.5, 0.6) is 5.75 Å². The molecule has 1 fully saturated rings. The van der Waals surface area contributed by atoms with E-state index < -0.39 is 9.84 Å². The van der Waals surface area contributed by atoms with E-state index in [-0.39, 0.29) is 11.9 Å². The van der Waals surface area contributed by atoms with Gasteiger partial charge < -0.3 is 20.1 Å². The Bertz CT molecular complexity index is 972. The molecule has 0 saturated carbocycles. The van der Waals surface area contributed by atoms with Gasteiger partial charge in [0.1, 0.15) is 11.9 Å². The quantitative estimate of drug-likeness (QED) is 0.351. The van der Waals surface area contributed by atoms with Crippen LogP contribution >= 0.6 is 0 Å². The van der Waals surface area contributed by atoms with Gasteiger partial charge in [0, 0.05) is 32.1 Å². The van der Waals surface area contributed by atoms with Crippen molar-refractivity contribution in [2.24, 2.45) is 4.99 Å². The van der Waals surface area contributed by atoms with E-state index in [1.165, 1.54) is 0 Å². The summed E-state index contributed by atoms with van der Waals surface area (Å²) >= 11 is 0. The second kappa shape index (κ2) is 11.2. The van der Waals surface area contributed by atoms with Gasteiger partial charge in [-0.05, 0) is 37.1 Å². The molecule has 1 atom stereocenters. The molecule has 0 radical (unpaired) electrons. The van der Waals surface area contributed by atoms with Crippen molar-refractivity contribution in [3.8, 4) is 5.75 Å². The summed E-state index contributed by atoms with van der Waals surface area (Å²) in [6, 6.07) is 14.7. The first kappa shape index (κ1) is 23.1. The first-order valence-corrected chi connectivity index (χ1v) is 12.2. The third-order valence-electron chi connectivity index (χ3n) is 5.06. The minimum absolute atomic E-state index is 0.0837. The molecule has 1 aliphatic heterocycles. The lowest BCUT2D eigenvalue weighted by molar-refractivity contribution is 0.140. The maximum absolute atomic E-state index is 12.4. The average molecular weight is 446 g/mol. The van der Waals surface area contributed by atoms with Gasteiger partial charge in [0.05, 0.1) is 23.9 Å². The van der Waals surface area contributed by atoms with Crippen LogP contribution in [0.1, 0.15) is 24.0 Å². The van der Waals surface area contributed by atoms with Crippen molar-refractivity contribution < 1.29 is 17.9 Å². The Labute approximate surface area is 184 Å². The zero-order valence-corrected chi connectivity index (χ0v) is 19.0. The zero-order chi connectivity index (χ0) is 22.1. The molecule has 0 amide bonds. The summed E-state index contributed by atoms with van der Waals surface area (Å²) in [6.45, 7) is 4.45. The summed E-state index contributed by atoms with van der Waals surface area (Å²) in [5.74, 6) is 1.56. The SMILES string of the molecule is CN=C(NCCCS(=O)(=O)c1ccccc1)NCc1ccc(C)cc1OC1CCOC1. The molecular weight excluding hydrogens is 414 g/mol. The van der Waals surface area contributed by atoms with Crippen molar-refractivity contribution in [3.05, 3.63) is 59.7 Å². The first-order valence-electron chi connectivity index (χ1n) is 10.5. The summed E-state index contributed by atoms with van der Waals surface area (Å²) in [5.41, 5.74) is 2.17. The lowest BCUT2D eigenvalue weighted by Gasteiger charge is -2.18. The lowest BCUT2D eigenvalue weighted by atomic mass is 10.1. The van der Waals surface area contributed by atoms with Crippen LogP contribution in [-0.2, 0) is 21.1 Å². The molecule has 1 heterocycles. The molecule has 3 rings (SSSR count). The number of hydrogen-bond donors (Lipinski definition) is 2. The molecule has 1 unspecified atom stereocenters. The number of sulfone groups is 1. The third-order valence-corrected chi connectivity index (χ3v) is 6.88. The fourth-order valence-electron chi connectivity index (χ4n) is 3.32. The van der Waals surface area contributed by atoms with Crippen LogP contribution in [-0.4, -0.2) is 53.0 Å². The summed E-state index contributed by atoms with van der Waals surface area (Å²) < 4.78 is 36.3. The number of hydrogen-bond acceptors (Lipinski definition) is 5. The van der Waals surface area contributed by atoms with Gasteiger partial charge in [-0.1, -0.05) is 30.3 Å². The van der Waals surface area contributed by atoms with E-state index in [9.17, 15) is 8.42 Å². The number of nitrogens with zero attached hydrogens (tertiary/aromatic N) is 1. The molecule has 2 N–H and O–H groups in total. The van der Waals surface area contributed by atoms with Crippen LogP contribution in [0.4, 0.5) is 0 Å². The Morgan fingerprint density at radius 2 is 2.00 bits per heavy atom. The van der Waals surface area contributed by atoms with Gasteiger partial charge in [-0.2, -0.15) is 0 Å². The van der Waals surface area contributed by atoms with Gasteiger partial charge in [-0.3, -0.25) is 4.99 Å². The van der Waals surface area contributed by atoms with E-state index in [0.29, 0.717) is 37.0 Å². The molecule has 0 aliphatic carbocycles. The Morgan fingerprint density at radius 3 is 2.71 bits per heavy atom. The van der Waals surface area contributed by atoms with Gasteiger partial charge in [-0.15, -0.1) is 0 Å². The molecule has 168 valence electrons. The fourth-order valence-corrected chi connectivity index (χ4v) is 4.65. The van der Waals surface area contributed by atoms with Crippen LogP contribution in [0.15, 0.2) is 58.4 Å². The molecule has 0 spiro atoms. The van der Waals surface area contributed by atoms with Gasteiger partial charge in [0.15, 0.2) is 15.8 Å². The molecule has 7 nitrogen and oxygen atoms in total. The van der Waals surface area contributed by atoms with E-state index >= 15 is 0 Å². The van der Waals surface area contributed by atoms with Gasteiger partial charge in [-0.25, -0.2) is 8.42 Å². The van der Waals surface area contributed by atoms with Crippen molar-refractivity contribution in [2.75, 3.05) is 32.6 Å². The number of aryl methyl sites for hydroxylation is 1. The van der Waals surface area contributed by atoms with E-state index in [1.54, 1.807) is 31.3 Å². The number of aliphatic imine (C=N–C) groups is 1. The minimum atomic E-state index is -3.27. The number of guanidine groups is 1. The van der Waals surface area contributed by atoms with Gasteiger partial charge in [0.25, 0.3) is 0 Å². The minimum Gasteiger partial charge on any atom is -0.488 e. The molecular formula is C23H31N3O4S. The van der Waals surface area contributed by atoms with Crippen LogP contribution in [0.2, 0.25) is 0 Å². The summed E-state index contributed by atoms with van der Waals surface area (Å²) in [5, 5.41) is 6.46. The van der Waals surface area contributed by atoms with Crippen LogP contribution < -0.4 is 15.4 Å². The van der Waals surface area contributed by atoms with E-state index in [1.807, 2.05) is 25.1 Å². The van der Waals surface area contributed by atoms with Crippen molar-refractivity contribution >= 4 is 15.8 Å². The molecule has 0 bridgehead atoms. The molecule has 1 saturated heterocycles. The summed E-state index contributed by atoms with van der Waals surface area (Å²) in [4.78, 5) is 4.59. The molecule has 2 aromatic rings. The van der Waals surface area contributed by atoms with Gasteiger partial charge in [0.2, 0.25) is 0 Å². The van der Waals surface area contributed by atoms with E-state index in [0.717, 1.165) is 29.9 Å². The second-order valence-electron chi connectivity index (χ2n) is 7.55. The average Bonchev–Trinajstić information content (AvgIpc) is 3.28. The number of benzene rings is 2. The standard InChI is InChI=1S/C23H31N3O4S/c1-18-9-10-19(22(15-18)30-20-11-13-29-17-20)16-26-23(24-2)25-12-6-14-31(27,28)21-7-4-3-5-8-21/h3-5,7-10,15,20H,6,11-14,16-17H2,1-2H3,(H2,24,25,26). The maximum Gasteiger partial charge on any atom is 0.191 e. The monoisotopic (exact) mass is 445 g/mol. The fraction of sp³-hybridized carbons (Fsp3) is 0.435. The Balaban J connectivity index is 1.48.